The van der Waals surface area contributed by atoms with E-state index >= 15 is 0 Å². The van der Waals surface area contributed by atoms with Crippen LogP contribution in [0.4, 0.5) is 0 Å². The van der Waals surface area contributed by atoms with Crippen molar-refractivity contribution in [3.63, 3.8) is 0 Å². The van der Waals surface area contributed by atoms with Crippen LogP contribution in [-0.4, -0.2) is 47.8 Å². The smallest absolute Gasteiger partial charge is 0.245 e. The molecule has 0 aliphatic carbocycles. The second-order valence-corrected chi connectivity index (χ2v) is 9.43. The first-order valence-electron chi connectivity index (χ1n) is 11.6. The third-order valence-corrected chi connectivity index (χ3v) is 6.03. The Balaban J connectivity index is 1.62. The highest BCUT2D eigenvalue weighted by Crippen LogP contribution is 2.17. The Morgan fingerprint density at radius 1 is 1.03 bits per heavy atom. The van der Waals surface area contributed by atoms with E-state index in [1.807, 2.05) is 70.2 Å². The number of rotatable bonds is 7. The number of piperidine rings is 1. The van der Waals surface area contributed by atoms with Crippen LogP contribution < -0.4 is 10.6 Å². The van der Waals surface area contributed by atoms with Crippen molar-refractivity contribution in [1.29, 1.82) is 0 Å². The Bertz CT molecular complexity index is 970. The van der Waals surface area contributed by atoms with Crippen molar-refractivity contribution in [2.24, 2.45) is 11.8 Å². The number of amides is 3. The number of carbonyl (C=O) groups excluding carboxylic acids is 3. The molecule has 0 aromatic heterocycles. The summed E-state index contributed by atoms with van der Waals surface area (Å²) in [6.45, 7) is 8.75. The molecule has 0 bridgehead atoms. The quantitative estimate of drug-likeness (QED) is 0.698. The van der Waals surface area contributed by atoms with Crippen LogP contribution in [-0.2, 0) is 20.8 Å². The molecule has 3 amide bonds. The summed E-state index contributed by atoms with van der Waals surface area (Å²) < 4.78 is 0. The van der Waals surface area contributed by atoms with Crippen LogP contribution in [0.3, 0.4) is 0 Å². The largest absolute Gasteiger partial charge is 0.351 e. The van der Waals surface area contributed by atoms with Gasteiger partial charge in [0.2, 0.25) is 17.7 Å². The molecule has 1 saturated heterocycles. The maximum atomic E-state index is 13.3. The summed E-state index contributed by atoms with van der Waals surface area (Å²) in [6, 6.07) is 13.4. The van der Waals surface area contributed by atoms with E-state index in [1.54, 1.807) is 4.90 Å². The maximum Gasteiger partial charge on any atom is 0.245 e. The molecule has 2 aromatic carbocycles. The molecule has 2 atom stereocenters. The van der Waals surface area contributed by atoms with Gasteiger partial charge in [-0.1, -0.05) is 70.2 Å². The van der Waals surface area contributed by atoms with Crippen molar-refractivity contribution < 1.29 is 14.4 Å². The minimum atomic E-state index is -0.581. The van der Waals surface area contributed by atoms with Gasteiger partial charge in [-0.05, 0) is 35.1 Å². The second-order valence-electron chi connectivity index (χ2n) is 9.43. The highest BCUT2D eigenvalue weighted by atomic mass is 16.2. The van der Waals surface area contributed by atoms with Gasteiger partial charge in [-0.25, -0.2) is 0 Å². The fraction of sp³-hybridized carbons (Fsp3) is 0.500. The fourth-order valence-electron chi connectivity index (χ4n) is 4.13. The van der Waals surface area contributed by atoms with Crippen molar-refractivity contribution in [2.75, 3.05) is 13.1 Å². The van der Waals surface area contributed by atoms with E-state index < -0.39 is 6.04 Å². The Morgan fingerprint density at radius 2 is 1.75 bits per heavy atom. The molecular formula is C26H35N3O3. The summed E-state index contributed by atoms with van der Waals surface area (Å²) in [4.78, 5) is 39.9. The number of benzene rings is 2. The van der Waals surface area contributed by atoms with Gasteiger partial charge in [0.25, 0.3) is 0 Å². The third kappa shape index (κ3) is 6.09. The Kier molecular flexibility index (Phi) is 7.89. The molecule has 32 heavy (non-hydrogen) atoms. The van der Waals surface area contributed by atoms with E-state index in [9.17, 15) is 14.4 Å². The van der Waals surface area contributed by atoms with Gasteiger partial charge >= 0.3 is 0 Å². The first-order valence-corrected chi connectivity index (χ1v) is 11.6. The number of hydrogen-bond acceptors (Lipinski definition) is 3. The highest BCUT2D eigenvalue weighted by Gasteiger charge is 2.32. The molecule has 1 aliphatic heterocycles. The van der Waals surface area contributed by atoms with Crippen molar-refractivity contribution in [1.82, 2.24) is 15.5 Å². The lowest BCUT2D eigenvalue weighted by Crippen LogP contribution is -2.56. The van der Waals surface area contributed by atoms with Crippen molar-refractivity contribution in [2.45, 2.75) is 59.0 Å². The third-order valence-electron chi connectivity index (χ3n) is 6.03. The zero-order valence-electron chi connectivity index (χ0n) is 19.6. The van der Waals surface area contributed by atoms with Gasteiger partial charge in [-0.2, -0.15) is 0 Å². The topological polar surface area (TPSA) is 78.5 Å². The molecule has 6 nitrogen and oxygen atoms in total. The van der Waals surface area contributed by atoms with Crippen LogP contribution >= 0.6 is 0 Å². The normalized spacial score (nSPS) is 17.4. The maximum absolute atomic E-state index is 13.3. The first kappa shape index (κ1) is 23.8. The van der Waals surface area contributed by atoms with Gasteiger partial charge in [-0.15, -0.1) is 0 Å². The molecular weight excluding hydrogens is 402 g/mol. The molecule has 0 saturated carbocycles. The molecule has 2 N–H and O–H groups in total. The summed E-state index contributed by atoms with van der Waals surface area (Å²) >= 11 is 0. The summed E-state index contributed by atoms with van der Waals surface area (Å²) in [5.41, 5.74) is 0.922. The van der Waals surface area contributed by atoms with E-state index in [0.717, 1.165) is 29.2 Å². The van der Waals surface area contributed by atoms with E-state index in [2.05, 4.69) is 10.6 Å². The number of fused-ring (bicyclic) bond motifs is 1. The standard InChI is InChI=1S/C26H35N3O3/c1-17(2)24(26(32)29-13-7-10-22(16-29)27-25(31)18(3)4)28-23(30)15-19-11-12-20-8-5-6-9-21(20)14-19/h5-6,8-9,11-12,14,17-18,22,24H,7,10,13,15-16H2,1-4H3,(H,27,31)(H,28,30). The minimum absolute atomic E-state index is 0.00777. The van der Waals surface area contributed by atoms with Gasteiger partial charge in [0.1, 0.15) is 6.04 Å². The average molecular weight is 438 g/mol. The van der Waals surface area contributed by atoms with E-state index in [0.29, 0.717) is 13.1 Å². The van der Waals surface area contributed by atoms with Crippen LogP contribution in [0.15, 0.2) is 42.5 Å². The lowest BCUT2D eigenvalue weighted by molar-refractivity contribution is -0.139. The van der Waals surface area contributed by atoms with E-state index in [-0.39, 0.29) is 42.0 Å². The van der Waals surface area contributed by atoms with E-state index in [1.165, 1.54) is 0 Å². The van der Waals surface area contributed by atoms with Crippen molar-refractivity contribution in [3.05, 3.63) is 48.0 Å². The number of nitrogens with one attached hydrogen (secondary N) is 2. The highest BCUT2D eigenvalue weighted by molar-refractivity contribution is 5.90. The summed E-state index contributed by atoms with van der Waals surface area (Å²) in [5.74, 6) is -0.342. The van der Waals surface area contributed by atoms with Gasteiger partial charge < -0.3 is 15.5 Å². The Morgan fingerprint density at radius 3 is 2.44 bits per heavy atom. The Hall–Kier alpha value is -2.89. The molecule has 6 heteroatoms. The van der Waals surface area contributed by atoms with Crippen LogP contribution in [0.2, 0.25) is 0 Å². The summed E-state index contributed by atoms with van der Waals surface area (Å²) in [6.07, 6.45) is 1.93. The molecule has 1 aliphatic rings. The molecule has 172 valence electrons. The number of carbonyl (C=O) groups is 3. The predicted octanol–water partition coefficient (Wildman–Crippen LogP) is 3.29. The van der Waals surface area contributed by atoms with Crippen LogP contribution in [0, 0.1) is 11.8 Å². The molecule has 1 fully saturated rings. The summed E-state index contributed by atoms with van der Waals surface area (Å²) in [5, 5.41) is 8.24. The molecule has 1 heterocycles. The van der Waals surface area contributed by atoms with Crippen molar-refractivity contribution in [3.8, 4) is 0 Å². The van der Waals surface area contributed by atoms with E-state index in [4.69, 9.17) is 0 Å². The zero-order chi connectivity index (χ0) is 23.3. The van der Waals surface area contributed by atoms with Gasteiger partial charge in [-0.3, -0.25) is 14.4 Å². The summed E-state index contributed by atoms with van der Waals surface area (Å²) in [7, 11) is 0. The SMILES string of the molecule is CC(C)C(=O)NC1CCCN(C(=O)C(NC(=O)Cc2ccc3ccccc3c2)C(C)C)C1. The molecule has 3 rings (SSSR count). The van der Waals surface area contributed by atoms with Crippen LogP contribution in [0.5, 0.6) is 0 Å². The number of hydrogen-bond donors (Lipinski definition) is 2. The fourth-order valence-corrected chi connectivity index (χ4v) is 4.13. The molecule has 0 spiro atoms. The molecule has 2 aromatic rings. The lowest BCUT2D eigenvalue weighted by Gasteiger charge is -2.36. The number of likely N-dealkylation sites (tertiary alicyclic amines) is 1. The second kappa shape index (κ2) is 10.6. The van der Waals surface area contributed by atoms with Crippen LogP contribution in [0.1, 0.15) is 46.1 Å². The van der Waals surface area contributed by atoms with Gasteiger partial charge in [0, 0.05) is 25.0 Å². The minimum Gasteiger partial charge on any atom is -0.351 e. The zero-order valence-corrected chi connectivity index (χ0v) is 19.6. The first-order chi connectivity index (χ1) is 15.2. The molecule has 2 unspecified atom stereocenters. The van der Waals surface area contributed by atoms with Crippen molar-refractivity contribution >= 4 is 28.5 Å². The van der Waals surface area contributed by atoms with Gasteiger partial charge in [0.15, 0.2) is 0 Å². The van der Waals surface area contributed by atoms with Gasteiger partial charge in [0.05, 0.1) is 6.42 Å². The lowest BCUT2D eigenvalue weighted by atomic mass is 9.98. The predicted molar refractivity (Wildman–Crippen MR) is 127 cm³/mol. The van der Waals surface area contributed by atoms with Crippen LogP contribution in [0.25, 0.3) is 10.8 Å². The number of nitrogens with zero attached hydrogens (tertiary/aromatic N) is 1. The average Bonchev–Trinajstić information content (AvgIpc) is 2.77. The Labute approximate surface area is 190 Å². The monoisotopic (exact) mass is 437 g/mol. The molecule has 0 radical (unpaired) electrons.